The molecular formula is C16H26N2O2. The van der Waals surface area contributed by atoms with E-state index in [0.717, 1.165) is 31.7 Å². The summed E-state index contributed by atoms with van der Waals surface area (Å²) in [5.74, 6) is 0. The van der Waals surface area contributed by atoms with Gasteiger partial charge in [0.2, 0.25) is 0 Å². The van der Waals surface area contributed by atoms with E-state index in [1.54, 1.807) is 0 Å². The fourth-order valence-corrected chi connectivity index (χ4v) is 2.68. The molecule has 0 unspecified atom stereocenters. The summed E-state index contributed by atoms with van der Waals surface area (Å²) >= 11 is 0. The minimum Gasteiger partial charge on any atom is -0.392 e. The minimum absolute atomic E-state index is 0.205. The van der Waals surface area contributed by atoms with Crippen LogP contribution in [0.5, 0.6) is 0 Å². The average Bonchev–Trinajstić information content (AvgIpc) is 2.48. The molecule has 0 aliphatic carbocycles. The highest BCUT2D eigenvalue weighted by Crippen LogP contribution is 2.16. The molecule has 2 rings (SSSR count). The lowest BCUT2D eigenvalue weighted by Crippen LogP contribution is -2.52. The highest BCUT2D eigenvalue weighted by atomic mass is 16.3. The second kappa shape index (κ2) is 7.18. The number of piperazine rings is 1. The third kappa shape index (κ3) is 4.03. The zero-order valence-corrected chi connectivity index (χ0v) is 12.4. The smallest absolute Gasteiger partial charge is 0.0916 e. The second-order valence-corrected chi connectivity index (χ2v) is 5.74. The Morgan fingerprint density at radius 1 is 1.00 bits per heavy atom. The lowest BCUT2D eigenvalue weighted by atomic mass is 10.1. The molecule has 20 heavy (non-hydrogen) atoms. The summed E-state index contributed by atoms with van der Waals surface area (Å²) < 4.78 is 0. The van der Waals surface area contributed by atoms with Gasteiger partial charge in [-0.25, -0.2) is 0 Å². The Morgan fingerprint density at radius 2 is 1.60 bits per heavy atom. The summed E-state index contributed by atoms with van der Waals surface area (Å²) in [6, 6.07) is 10.0. The molecular weight excluding hydrogens is 252 g/mol. The fraction of sp³-hybridized carbons (Fsp3) is 0.625. The zero-order chi connectivity index (χ0) is 14.5. The molecule has 2 N–H and O–H groups in total. The maximum absolute atomic E-state index is 10.2. The van der Waals surface area contributed by atoms with E-state index in [1.165, 1.54) is 0 Å². The molecule has 1 aliphatic rings. The number of benzene rings is 1. The molecule has 0 amide bonds. The number of aliphatic hydroxyl groups excluding tert-OH is 2. The molecule has 1 aliphatic heterocycles. The molecule has 0 aromatic heterocycles. The van der Waals surface area contributed by atoms with Crippen LogP contribution in [0.4, 0.5) is 0 Å². The molecule has 1 saturated heterocycles. The first-order valence-corrected chi connectivity index (χ1v) is 7.45. The van der Waals surface area contributed by atoms with E-state index in [1.807, 2.05) is 37.3 Å². The van der Waals surface area contributed by atoms with Gasteiger partial charge in [-0.1, -0.05) is 30.3 Å². The molecule has 1 heterocycles. The van der Waals surface area contributed by atoms with Crippen LogP contribution >= 0.6 is 0 Å². The molecule has 0 radical (unpaired) electrons. The Balaban J connectivity index is 1.80. The molecule has 0 spiro atoms. The van der Waals surface area contributed by atoms with Crippen molar-refractivity contribution in [2.24, 2.45) is 0 Å². The van der Waals surface area contributed by atoms with Gasteiger partial charge in [0.05, 0.1) is 12.2 Å². The summed E-state index contributed by atoms with van der Waals surface area (Å²) in [5, 5.41) is 19.9. The summed E-state index contributed by atoms with van der Waals surface area (Å²) in [6.45, 7) is 8.39. The molecule has 1 aromatic carbocycles. The maximum atomic E-state index is 10.2. The van der Waals surface area contributed by atoms with Crippen molar-refractivity contribution in [3.8, 4) is 0 Å². The predicted octanol–water partition coefficient (Wildman–Crippen LogP) is 1.11. The van der Waals surface area contributed by atoms with Crippen molar-refractivity contribution >= 4 is 0 Å². The molecule has 1 aromatic rings. The van der Waals surface area contributed by atoms with Gasteiger partial charge in [-0.3, -0.25) is 9.80 Å². The van der Waals surface area contributed by atoms with Gasteiger partial charge in [0.15, 0.2) is 0 Å². The SMILES string of the molecule is C[C@H](O)[C@@H](C)N1CCN(C[C@@H](O)c2ccccc2)CC1. The van der Waals surface area contributed by atoms with E-state index in [2.05, 4.69) is 16.7 Å². The van der Waals surface area contributed by atoms with Crippen LogP contribution < -0.4 is 0 Å². The third-order valence-corrected chi connectivity index (χ3v) is 4.30. The first-order chi connectivity index (χ1) is 9.58. The Morgan fingerprint density at radius 3 is 2.15 bits per heavy atom. The average molecular weight is 278 g/mol. The van der Waals surface area contributed by atoms with Crippen LogP contribution in [-0.2, 0) is 0 Å². The van der Waals surface area contributed by atoms with E-state index < -0.39 is 6.10 Å². The first-order valence-electron chi connectivity index (χ1n) is 7.45. The summed E-state index contributed by atoms with van der Waals surface area (Å²) in [7, 11) is 0. The van der Waals surface area contributed by atoms with Crippen molar-refractivity contribution in [1.29, 1.82) is 0 Å². The van der Waals surface area contributed by atoms with E-state index in [-0.39, 0.29) is 12.1 Å². The van der Waals surface area contributed by atoms with Crippen LogP contribution in [0.2, 0.25) is 0 Å². The van der Waals surface area contributed by atoms with Crippen molar-refractivity contribution < 1.29 is 10.2 Å². The van der Waals surface area contributed by atoms with Crippen LogP contribution in [0.25, 0.3) is 0 Å². The Labute approximate surface area is 121 Å². The number of nitrogens with zero attached hydrogens (tertiary/aromatic N) is 2. The van der Waals surface area contributed by atoms with Crippen LogP contribution in [0, 0.1) is 0 Å². The topological polar surface area (TPSA) is 46.9 Å². The maximum Gasteiger partial charge on any atom is 0.0916 e. The zero-order valence-electron chi connectivity index (χ0n) is 12.4. The number of β-amino-alcohol motifs (C(OH)–C–C–N with tert-alkyl or cyclic N) is 1. The number of hydrogen-bond acceptors (Lipinski definition) is 4. The van der Waals surface area contributed by atoms with E-state index >= 15 is 0 Å². The predicted molar refractivity (Wildman–Crippen MR) is 80.6 cm³/mol. The summed E-state index contributed by atoms with van der Waals surface area (Å²) in [4.78, 5) is 4.61. The molecule has 0 bridgehead atoms. The van der Waals surface area contributed by atoms with Gasteiger partial charge in [0, 0.05) is 38.8 Å². The number of aliphatic hydroxyl groups is 2. The molecule has 0 saturated carbocycles. The van der Waals surface area contributed by atoms with E-state index in [0.29, 0.717) is 6.54 Å². The molecule has 1 fully saturated rings. The number of hydrogen-bond donors (Lipinski definition) is 2. The second-order valence-electron chi connectivity index (χ2n) is 5.74. The van der Waals surface area contributed by atoms with Crippen LogP contribution in [0.1, 0.15) is 25.5 Å². The lowest BCUT2D eigenvalue weighted by Gasteiger charge is -2.39. The van der Waals surface area contributed by atoms with Crippen LogP contribution in [-0.4, -0.2) is 64.9 Å². The van der Waals surface area contributed by atoms with Gasteiger partial charge in [-0.2, -0.15) is 0 Å². The Kier molecular flexibility index (Phi) is 5.54. The Hall–Kier alpha value is -0.940. The number of rotatable bonds is 5. The van der Waals surface area contributed by atoms with Crippen molar-refractivity contribution in [2.45, 2.75) is 32.1 Å². The van der Waals surface area contributed by atoms with Gasteiger partial charge in [0.1, 0.15) is 0 Å². The van der Waals surface area contributed by atoms with Crippen molar-refractivity contribution in [2.75, 3.05) is 32.7 Å². The normalized spacial score (nSPS) is 22.4. The van der Waals surface area contributed by atoms with Gasteiger partial charge >= 0.3 is 0 Å². The van der Waals surface area contributed by atoms with Gasteiger partial charge < -0.3 is 10.2 Å². The largest absolute Gasteiger partial charge is 0.392 e. The third-order valence-electron chi connectivity index (χ3n) is 4.30. The van der Waals surface area contributed by atoms with E-state index in [4.69, 9.17) is 0 Å². The van der Waals surface area contributed by atoms with Crippen LogP contribution in [0.3, 0.4) is 0 Å². The molecule has 3 atom stereocenters. The van der Waals surface area contributed by atoms with Crippen molar-refractivity contribution in [3.05, 3.63) is 35.9 Å². The summed E-state index contributed by atoms with van der Waals surface area (Å²) in [6.07, 6.45) is -0.714. The van der Waals surface area contributed by atoms with Crippen molar-refractivity contribution in [1.82, 2.24) is 9.80 Å². The van der Waals surface area contributed by atoms with Gasteiger partial charge in [0.25, 0.3) is 0 Å². The highest BCUT2D eigenvalue weighted by Gasteiger charge is 2.24. The highest BCUT2D eigenvalue weighted by molar-refractivity contribution is 5.17. The molecule has 112 valence electrons. The Bertz CT molecular complexity index is 389. The van der Waals surface area contributed by atoms with Gasteiger partial charge in [-0.15, -0.1) is 0 Å². The minimum atomic E-state index is -0.420. The quantitative estimate of drug-likeness (QED) is 0.847. The summed E-state index contributed by atoms with van der Waals surface area (Å²) in [5.41, 5.74) is 0.979. The monoisotopic (exact) mass is 278 g/mol. The van der Waals surface area contributed by atoms with Crippen molar-refractivity contribution in [3.63, 3.8) is 0 Å². The fourth-order valence-electron chi connectivity index (χ4n) is 2.68. The standard InChI is InChI=1S/C16H26N2O2/c1-13(14(2)19)18-10-8-17(9-11-18)12-16(20)15-6-4-3-5-7-15/h3-7,13-14,16,19-20H,8-12H2,1-2H3/t13-,14+,16-/m1/s1. The molecule has 4 heteroatoms. The lowest BCUT2D eigenvalue weighted by molar-refractivity contribution is 0.0212. The van der Waals surface area contributed by atoms with E-state index in [9.17, 15) is 10.2 Å². The first kappa shape index (κ1) is 15.4. The molecule has 4 nitrogen and oxygen atoms in total. The van der Waals surface area contributed by atoms with Crippen LogP contribution in [0.15, 0.2) is 30.3 Å². The van der Waals surface area contributed by atoms with Gasteiger partial charge in [-0.05, 0) is 19.4 Å².